The number of ether oxygens (including phenoxy) is 1. The van der Waals surface area contributed by atoms with Crippen molar-refractivity contribution in [2.75, 3.05) is 11.9 Å². The molecule has 1 heterocycles. The summed E-state index contributed by atoms with van der Waals surface area (Å²) in [6.07, 6.45) is 0.572. The number of pyridine rings is 1. The van der Waals surface area contributed by atoms with Crippen LogP contribution in [0.3, 0.4) is 0 Å². The molecule has 0 spiro atoms. The predicted molar refractivity (Wildman–Crippen MR) is 100 cm³/mol. The minimum absolute atomic E-state index is 0.158. The summed E-state index contributed by atoms with van der Waals surface area (Å²) in [5, 5.41) is 17.7. The van der Waals surface area contributed by atoms with Gasteiger partial charge < -0.3 is 25.8 Å². The first-order valence-electron chi connectivity index (χ1n) is 8.20. The van der Waals surface area contributed by atoms with Crippen molar-refractivity contribution >= 4 is 35.3 Å². The van der Waals surface area contributed by atoms with Crippen LogP contribution in [0.25, 0.3) is 0 Å². The number of aliphatic hydroxyl groups is 1. The number of hydrogen-bond acceptors (Lipinski definition) is 6. The molecule has 0 aliphatic rings. The van der Waals surface area contributed by atoms with Gasteiger partial charge in [0, 0.05) is 12.7 Å². The molecule has 0 aliphatic carbocycles. The summed E-state index contributed by atoms with van der Waals surface area (Å²) in [6.45, 7) is 7.81. The maximum atomic E-state index is 12.0. The van der Waals surface area contributed by atoms with Gasteiger partial charge >= 0.3 is 17.9 Å². The van der Waals surface area contributed by atoms with Gasteiger partial charge in [0.1, 0.15) is 11.4 Å². The van der Waals surface area contributed by atoms with E-state index < -0.39 is 35.2 Å². The second-order valence-electron chi connectivity index (χ2n) is 7.38. The van der Waals surface area contributed by atoms with E-state index in [-0.39, 0.29) is 12.4 Å². The molecule has 1 atom stereocenters. The van der Waals surface area contributed by atoms with Crippen molar-refractivity contribution in [3.05, 3.63) is 23.4 Å². The second-order valence-corrected chi connectivity index (χ2v) is 7.81. The Kier molecular flexibility index (Phi) is 7.55. The number of anilines is 1. The van der Waals surface area contributed by atoms with Crippen molar-refractivity contribution in [3.8, 4) is 0 Å². The summed E-state index contributed by atoms with van der Waals surface area (Å²) >= 11 is 5.70. The van der Waals surface area contributed by atoms with Crippen LogP contribution in [-0.2, 0) is 14.3 Å². The molecule has 3 amide bonds. The number of aromatic nitrogens is 1. The first-order chi connectivity index (χ1) is 12.3. The zero-order valence-electron chi connectivity index (χ0n) is 15.9. The SMILES string of the molecule is CC(C)(C)OC(=O)N[C@@H](CNC(=O)C(=O)Nc1ccc(Cl)cn1)C(C)(C)O. The summed E-state index contributed by atoms with van der Waals surface area (Å²) in [5.41, 5.74) is -2.10. The Morgan fingerprint density at radius 2 is 1.81 bits per heavy atom. The number of carbonyl (C=O) groups is 3. The average molecular weight is 401 g/mol. The van der Waals surface area contributed by atoms with E-state index in [0.29, 0.717) is 5.02 Å². The minimum atomic E-state index is -1.38. The molecule has 150 valence electrons. The molecular formula is C17H25ClN4O5. The van der Waals surface area contributed by atoms with E-state index in [1.54, 1.807) is 20.8 Å². The van der Waals surface area contributed by atoms with Crippen molar-refractivity contribution in [3.63, 3.8) is 0 Å². The van der Waals surface area contributed by atoms with Gasteiger partial charge in [0.2, 0.25) is 0 Å². The lowest BCUT2D eigenvalue weighted by molar-refractivity contribution is -0.136. The minimum Gasteiger partial charge on any atom is -0.444 e. The summed E-state index contributed by atoms with van der Waals surface area (Å²) < 4.78 is 5.13. The number of nitrogens with one attached hydrogen (secondary N) is 3. The molecule has 0 bridgehead atoms. The Morgan fingerprint density at radius 3 is 2.30 bits per heavy atom. The third-order valence-electron chi connectivity index (χ3n) is 3.19. The predicted octanol–water partition coefficient (Wildman–Crippen LogP) is 1.45. The Balaban J connectivity index is 2.63. The maximum absolute atomic E-state index is 12.0. The summed E-state index contributed by atoms with van der Waals surface area (Å²) in [4.78, 5) is 39.6. The highest BCUT2D eigenvalue weighted by Gasteiger charge is 2.31. The highest BCUT2D eigenvalue weighted by molar-refractivity contribution is 6.39. The molecule has 0 saturated carbocycles. The number of carbonyl (C=O) groups excluding carboxylic acids is 3. The van der Waals surface area contributed by atoms with Gasteiger partial charge in [0.15, 0.2) is 0 Å². The first-order valence-corrected chi connectivity index (χ1v) is 8.58. The normalized spacial score (nSPS) is 12.7. The number of alkyl carbamates (subject to hydrolysis) is 1. The van der Waals surface area contributed by atoms with Crippen molar-refractivity contribution in [1.82, 2.24) is 15.6 Å². The third kappa shape index (κ3) is 8.69. The highest BCUT2D eigenvalue weighted by Crippen LogP contribution is 2.12. The zero-order chi connectivity index (χ0) is 20.8. The van der Waals surface area contributed by atoms with Gasteiger partial charge in [-0.1, -0.05) is 11.6 Å². The van der Waals surface area contributed by atoms with Crippen molar-refractivity contribution < 1.29 is 24.2 Å². The van der Waals surface area contributed by atoms with Gasteiger partial charge in [-0.2, -0.15) is 0 Å². The number of nitrogens with zero attached hydrogens (tertiary/aromatic N) is 1. The summed E-state index contributed by atoms with van der Waals surface area (Å²) in [6, 6.07) is 2.06. The fourth-order valence-electron chi connectivity index (χ4n) is 1.83. The molecule has 0 unspecified atom stereocenters. The summed E-state index contributed by atoms with van der Waals surface area (Å²) in [7, 11) is 0. The second kappa shape index (κ2) is 9.01. The molecule has 1 aromatic heterocycles. The maximum Gasteiger partial charge on any atom is 0.408 e. The van der Waals surface area contributed by atoms with Gasteiger partial charge in [-0.15, -0.1) is 0 Å². The van der Waals surface area contributed by atoms with Crippen LogP contribution in [0.1, 0.15) is 34.6 Å². The van der Waals surface area contributed by atoms with E-state index in [2.05, 4.69) is 20.9 Å². The topological polar surface area (TPSA) is 130 Å². The Hall–Kier alpha value is -2.39. The zero-order valence-corrected chi connectivity index (χ0v) is 16.7. The highest BCUT2D eigenvalue weighted by atomic mass is 35.5. The molecule has 0 radical (unpaired) electrons. The number of halogens is 1. The van der Waals surface area contributed by atoms with E-state index in [1.165, 1.54) is 32.2 Å². The lowest BCUT2D eigenvalue weighted by Crippen LogP contribution is -2.56. The quantitative estimate of drug-likeness (QED) is 0.553. The fourth-order valence-corrected chi connectivity index (χ4v) is 1.94. The van der Waals surface area contributed by atoms with E-state index in [0.717, 1.165) is 0 Å². The van der Waals surface area contributed by atoms with Gasteiger partial charge in [-0.25, -0.2) is 9.78 Å². The standard InChI is InChI=1S/C17H25ClN4O5/c1-16(2,3)27-15(25)21-11(17(4,5)26)9-20-13(23)14(24)22-12-7-6-10(18)8-19-12/h6-8,11,26H,9H2,1-5H3,(H,20,23)(H,21,25)(H,19,22,24)/t11-/m0/s1. The number of amides is 3. The molecule has 9 nitrogen and oxygen atoms in total. The van der Waals surface area contributed by atoms with E-state index >= 15 is 0 Å². The molecule has 4 N–H and O–H groups in total. The fraction of sp³-hybridized carbons (Fsp3) is 0.529. The molecule has 0 saturated heterocycles. The lowest BCUT2D eigenvalue weighted by Gasteiger charge is -2.31. The van der Waals surface area contributed by atoms with Gasteiger partial charge in [-0.3, -0.25) is 9.59 Å². The van der Waals surface area contributed by atoms with Gasteiger partial charge in [0.05, 0.1) is 16.7 Å². The van der Waals surface area contributed by atoms with Crippen molar-refractivity contribution in [1.29, 1.82) is 0 Å². The van der Waals surface area contributed by atoms with Gasteiger partial charge in [0.25, 0.3) is 0 Å². The monoisotopic (exact) mass is 400 g/mol. The van der Waals surface area contributed by atoms with Crippen LogP contribution in [0.15, 0.2) is 18.3 Å². The average Bonchev–Trinajstić information content (AvgIpc) is 2.50. The Labute approximate surface area is 162 Å². The molecule has 27 heavy (non-hydrogen) atoms. The molecule has 1 aromatic rings. The van der Waals surface area contributed by atoms with Crippen LogP contribution in [0, 0.1) is 0 Å². The van der Waals surface area contributed by atoms with Crippen LogP contribution in [0.4, 0.5) is 10.6 Å². The van der Waals surface area contributed by atoms with Crippen LogP contribution in [0.5, 0.6) is 0 Å². The van der Waals surface area contributed by atoms with Crippen LogP contribution in [-0.4, -0.2) is 51.8 Å². The van der Waals surface area contributed by atoms with E-state index in [4.69, 9.17) is 16.3 Å². The van der Waals surface area contributed by atoms with Crippen LogP contribution < -0.4 is 16.0 Å². The molecule has 0 aromatic carbocycles. The van der Waals surface area contributed by atoms with E-state index in [1.807, 2.05) is 0 Å². The molecule has 1 rings (SSSR count). The summed E-state index contributed by atoms with van der Waals surface area (Å²) in [5.74, 6) is -1.74. The van der Waals surface area contributed by atoms with Crippen molar-refractivity contribution in [2.24, 2.45) is 0 Å². The van der Waals surface area contributed by atoms with E-state index in [9.17, 15) is 19.5 Å². The smallest absolute Gasteiger partial charge is 0.408 e. The first kappa shape index (κ1) is 22.7. The van der Waals surface area contributed by atoms with Crippen LogP contribution in [0.2, 0.25) is 5.02 Å². The van der Waals surface area contributed by atoms with Crippen LogP contribution >= 0.6 is 11.6 Å². The van der Waals surface area contributed by atoms with Crippen molar-refractivity contribution in [2.45, 2.75) is 51.9 Å². The molecule has 10 heteroatoms. The number of rotatable bonds is 5. The Morgan fingerprint density at radius 1 is 1.19 bits per heavy atom. The molecular weight excluding hydrogens is 376 g/mol. The van der Waals surface area contributed by atoms with Gasteiger partial charge in [-0.05, 0) is 46.8 Å². The molecule has 0 fully saturated rings. The molecule has 0 aliphatic heterocycles. The largest absolute Gasteiger partial charge is 0.444 e. The Bertz CT molecular complexity index is 680. The third-order valence-corrected chi connectivity index (χ3v) is 3.41. The number of hydrogen-bond donors (Lipinski definition) is 4. The lowest BCUT2D eigenvalue weighted by atomic mass is 9.99.